The maximum Gasteiger partial charge on any atom is 0.258 e. The number of nitrogens with zero attached hydrogens (tertiary/aromatic N) is 7. The van der Waals surface area contributed by atoms with Crippen molar-refractivity contribution in [3.05, 3.63) is 36.2 Å². The van der Waals surface area contributed by atoms with Crippen LogP contribution in [0.15, 0.2) is 30.5 Å². The summed E-state index contributed by atoms with van der Waals surface area (Å²) in [6.07, 6.45) is -1.04. The third kappa shape index (κ3) is 5.02. The Hall–Kier alpha value is -3.21. The lowest BCUT2D eigenvalue weighted by molar-refractivity contribution is 0.0961. The van der Waals surface area contributed by atoms with Crippen LogP contribution in [0, 0.1) is 12.3 Å². The number of aromatic nitrogens is 6. The van der Waals surface area contributed by atoms with Gasteiger partial charge in [0.2, 0.25) is 5.95 Å². The van der Waals surface area contributed by atoms with Gasteiger partial charge >= 0.3 is 0 Å². The standard InChI is InChI=1S/C25H31F3N8/c1-15-23-17(16-5-6-20-21(11-16)36(33-31-20)13-22(27)28)7-10-35(23)32-24(29-15)30-19-8-9-34(12-18(19)26)14-25(2,3)4/h5-7,10-11,18-19,22H,8-9,12-14H2,1-4H3,(H,30,32). The fraction of sp³-hybridized carbons (Fsp3) is 0.520. The summed E-state index contributed by atoms with van der Waals surface area (Å²) in [6.45, 7) is 9.92. The molecular weight excluding hydrogens is 469 g/mol. The molecule has 1 fully saturated rings. The van der Waals surface area contributed by atoms with Gasteiger partial charge in [0.05, 0.1) is 22.8 Å². The van der Waals surface area contributed by atoms with Crippen molar-refractivity contribution in [2.45, 2.75) is 59.3 Å². The lowest BCUT2D eigenvalue weighted by Gasteiger charge is -2.38. The quantitative estimate of drug-likeness (QED) is 0.418. The highest BCUT2D eigenvalue weighted by atomic mass is 19.3. The second-order valence-electron chi connectivity index (χ2n) is 10.8. The highest BCUT2D eigenvalue weighted by molar-refractivity contribution is 5.88. The third-order valence-corrected chi connectivity index (χ3v) is 6.46. The lowest BCUT2D eigenvalue weighted by Crippen LogP contribution is -2.50. The molecule has 0 spiro atoms. The van der Waals surface area contributed by atoms with E-state index in [2.05, 4.69) is 51.4 Å². The molecular formula is C25H31F3N8. The van der Waals surface area contributed by atoms with Gasteiger partial charge in [-0.25, -0.2) is 27.4 Å². The van der Waals surface area contributed by atoms with E-state index in [1.165, 1.54) is 4.68 Å². The molecule has 2 atom stereocenters. The summed E-state index contributed by atoms with van der Waals surface area (Å²) >= 11 is 0. The molecule has 36 heavy (non-hydrogen) atoms. The molecule has 0 amide bonds. The predicted molar refractivity (Wildman–Crippen MR) is 133 cm³/mol. The van der Waals surface area contributed by atoms with Crippen LogP contribution in [0.5, 0.6) is 0 Å². The van der Waals surface area contributed by atoms with Crippen LogP contribution in [0.4, 0.5) is 19.1 Å². The Morgan fingerprint density at radius 3 is 2.72 bits per heavy atom. The van der Waals surface area contributed by atoms with Crippen molar-refractivity contribution in [1.82, 2.24) is 34.5 Å². The van der Waals surface area contributed by atoms with E-state index in [1.807, 2.05) is 25.3 Å². The molecule has 0 radical (unpaired) electrons. The number of hydrogen-bond acceptors (Lipinski definition) is 6. The Bertz CT molecular complexity index is 1370. The van der Waals surface area contributed by atoms with E-state index in [0.717, 1.165) is 35.4 Å². The second kappa shape index (κ2) is 9.34. The van der Waals surface area contributed by atoms with Crippen LogP contribution < -0.4 is 5.32 Å². The van der Waals surface area contributed by atoms with Crippen LogP contribution in [0.3, 0.4) is 0 Å². The Morgan fingerprint density at radius 2 is 2.00 bits per heavy atom. The van der Waals surface area contributed by atoms with Crippen molar-refractivity contribution < 1.29 is 13.2 Å². The van der Waals surface area contributed by atoms with E-state index in [-0.39, 0.29) is 11.5 Å². The second-order valence-corrected chi connectivity index (χ2v) is 10.8. The molecule has 1 saturated heterocycles. The summed E-state index contributed by atoms with van der Waals surface area (Å²) in [4.78, 5) is 6.80. The van der Waals surface area contributed by atoms with E-state index in [9.17, 15) is 13.2 Å². The predicted octanol–water partition coefficient (Wildman–Crippen LogP) is 4.58. The van der Waals surface area contributed by atoms with E-state index in [0.29, 0.717) is 29.9 Å². The largest absolute Gasteiger partial charge is 0.347 e. The van der Waals surface area contributed by atoms with Crippen molar-refractivity contribution in [1.29, 1.82) is 0 Å². The maximum atomic E-state index is 15.0. The number of hydrogen-bond donors (Lipinski definition) is 1. The van der Waals surface area contributed by atoms with Crippen molar-refractivity contribution in [2.75, 3.05) is 25.0 Å². The monoisotopic (exact) mass is 500 g/mol. The summed E-state index contributed by atoms with van der Waals surface area (Å²) in [6, 6.07) is 7.01. The molecule has 0 bridgehead atoms. The first-order valence-electron chi connectivity index (χ1n) is 12.2. The first-order valence-corrected chi connectivity index (χ1v) is 12.2. The summed E-state index contributed by atoms with van der Waals surface area (Å²) in [5, 5.41) is 15.6. The van der Waals surface area contributed by atoms with Gasteiger partial charge in [0.25, 0.3) is 6.43 Å². The molecule has 1 aromatic carbocycles. The first-order chi connectivity index (χ1) is 17.1. The molecule has 0 saturated carbocycles. The van der Waals surface area contributed by atoms with Crippen molar-refractivity contribution in [2.24, 2.45) is 5.41 Å². The Labute approximate surface area is 207 Å². The van der Waals surface area contributed by atoms with Crippen LogP contribution in [-0.2, 0) is 6.54 Å². The van der Waals surface area contributed by atoms with Gasteiger partial charge in [-0.1, -0.05) is 32.1 Å². The molecule has 0 aliphatic carbocycles. The molecule has 1 aliphatic heterocycles. The van der Waals surface area contributed by atoms with Crippen LogP contribution in [0.1, 0.15) is 32.9 Å². The smallest absolute Gasteiger partial charge is 0.258 e. The molecule has 11 heteroatoms. The number of halogens is 3. The van der Waals surface area contributed by atoms with E-state index in [1.54, 1.807) is 16.6 Å². The van der Waals surface area contributed by atoms with E-state index >= 15 is 0 Å². The molecule has 4 aromatic rings. The third-order valence-electron chi connectivity index (χ3n) is 6.46. The molecule has 5 rings (SSSR count). The van der Waals surface area contributed by atoms with Crippen LogP contribution >= 0.6 is 0 Å². The molecule has 3 aromatic heterocycles. The van der Waals surface area contributed by atoms with Gasteiger partial charge in [0, 0.05) is 31.4 Å². The van der Waals surface area contributed by atoms with Gasteiger partial charge in [-0.15, -0.1) is 10.2 Å². The summed E-state index contributed by atoms with van der Waals surface area (Å²) in [5.74, 6) is 0.383. The zero-order chi connectivity index (χ0) is 25.6. The average molecular weight is 501 g/mol. The van der Waals surface area contributed by atoms with Crippen molar-refractivity contribution in [3.8, 4) is 11.1 Å². The molecule has 192 valence electrons. The number of alkyl halides is 3. The minimum absolute atomic E-state index is 0.126. The first kappa shape index (κ1) is 24.5. The van der Waals surface area contributed by atoms with Gasteiger partial charge < -0.3 is 5.32 Å². The zero-order valence-corrected chi connectivity index (χ0v) is 20.9. The summed E-state index contributed by atoms with van der Waals surface area (Å²) in [5.41, 5.74) is 4.43. The SMILES string of the molecule is Cc1nc(NC2CCN(CC(C)(C)C)CC2F)nn2ccc(-c3ccc4nnn(CC(F)F)c4c3)c12. The van der Waals surface area contributed by atoms with Gasteiger partial charge in [-0.2, -0.15) is 0 Å². The van der Waals surface area contributed by atoms with Crippen LogP contribution in [-0.4, -0.2) is 72.8 Å². The summed E-state index contributed by atoms with van der Waals surface area (Å²) < 4.78 is 43.8. The Kier molecular flexibility index (Phi) is 6.36. The molecule has 4 heterocycles. The van der Waals surface area contributed by atoms with Crippen molar-refractivity contribution in [3.63, 3.8) is 0 Å². The summed E-state index contributed by atoms with van der Waals surface area (Å²) in [7, 11) is 0. The fourth-order valence-electron chi connectivity index (χ4n) is 5.01. The van der Waals surface area contributed by atoms with Crippen LogP contribution in [0.25, 0.3) is 27.7 Å². The minimum Gasteiger partial charge on any atom is -0.347 e. The van der Waals surface area contributed by atoms with Gasteiger partial charge in [0.1, 0.15) is 18.2 Å². The fourth-order valence-corrected chi connectivity index (χ4v) is 5.01. The van der Waals surface area contributed by atoms with Gasteiger partial charge in [-0.3, -0.25) is 4.90 Å². The Morgan fingerprint density at radius 1 is 1.19 bits per heavy atom. The van der Waals surface area contributed by atoms with E-state index < -0.39 is 19.1 Å². The number of benzene rings is 1. The van der Waals surface area contributed by atoms with Gasteiger partial charge in [-0.05, 0) is 42.5 Å². The Balaban J connectivity index is 1.38. The van der Waals surface area contributed by atoms with Gasteiger partial charge in [0.15, 0.2) is 0 Å². The number of fused-ring (bicyclic) bond motifs is 2. The molecule has 1 aliphatic rings. The highest BCUT2D eigenvalue weighted by Gasteiger charge is 2.31. The lowest BCUT2D eigenvalue weighted by atomic mass is 9.94. The molecule has 1 N–H and O–H groups in total. The van der Waals surface area contributed by atoms with Crippen molar-refractivity contribution >= 4 is 22.5 Å². The highest BCUT2D eigenvalue weighted by Crippen LogP contribution is 2.30. The van der Waals surface area contributed by atoms with E-state index in [4.69, 9.17) is 0 Å². The molecule has 8 nitrogen and oxygen atoms in total. The molecule has 2 unspecified atom stereocenters. The number of nitrogens with one attached hydrogen (secondary N) is 1. The number of rotatable bonds is 6. The number of piperidine rings is 1. The zero-order valence-electron chi connectivity index (χ0n) is 20.9. The maximum absolute atomic E-state index is 15.0. The number of aryl methyl sites for hydroxylation is 1. The number of anilines is 1. The number of likely N-dealkylation sites (tertiary alicyclic amines) is 1. The normalized spacial score (nSPS) is 19.6. The van der Waals surface area contributed by atoms with Crippen LogP contribution in [0.2, 0.25) is 0 Å². The topological polar surface area (TPSA) is 76.2 Å². The average Bonchev–Trinajstić information content (AvgIpc) is 3.38. The minimum atomic E-state index is -2.52.